The van der Waals surface area contributed by atoms with Gasteiger partial charge in [-0.1, -0.05) is 0 Å². The van der Waals surface area contributed by atoms with Gasteiger partial charge in [-0.25, -0.2) is 9.59 Å². The van der Waals surface area contributed by atoms with Crippen molar-refractivity contribution >= 4 is 17.8 Å². The van der Waals surface area contributed by atoms with E-state index in [4.69, 9.17) is 9.47 Å². The summed E-state index contributed by atoms with van der Waals surface area (Å²) in [5, 5.41) is 59.0. The Balaban J connectivity index is 2.12. The van der Waals surface area contributed by atoms with Gasteiger partial charge in [-0.2, -0.15) is 0 Å². The van der Waals surface area contributed by atoms with E-state index in [0.29, 0.717) is 0 Å². The molecule has 2 aromatic rings. The molecule has 2 rings (SSSR count). The van der Waals surface area contributed by atoms with Gasteiger partial charge in [-0.05, 0) is 24.3 Å². The number of rotatable bonds is 7. The summed E-state index contributed by atoms with van der Waals surface area (Å²) in [6, 6.07) is 3.35. The van der Waals surface area contributed by atoms with Crippen LogP contribution in [0.25, 0.3) is 0 Å². The summed E-state index contributed by atoms with van der Waals surface area (Å²) in [5.74, 6) is -7.32. The highest BCUT2D eigenvalue weighted by molar-refractivity contribution is 5.92. The maximum absolute atomic E-state index is 12.3. The maximum atomic E-state index is 12.3. The minimum Gasteiger partial charge on any atom is -0.504 e. The lowest BCUT2D eigenvalue weighted by molar-refractivity contribution is -0.119. The average molecular weight is 437 g/mol. The first-order chi connectivity index (χ1) is 14.5. The van der Waals surface area contributed by atoms with Crippen LogP contribution in [-0.4, -0.2) is 67.7 Å². The number of hydrogen-bond acceptors (Lipinski definition) is 11. The monoisotopic (exact) mass is 437 g/mol. The molecule has 12 nitrogen and oxygen atoms in total. The molecule has 0 fully saturated rings. The fourth-order valence-corrected chi connectivity index (χ4v) is 2.31. The molecule has 0 spiro atoms. The molecular weight excluding hydrogens is 418 g/mol. The van der Waals surface area contributed by atoms with E-state index in [2.05, 4.69) is 5.32 Å². The van der Waals surface area contributed by atoms with Crippen molar-refractivity contribution in [1.29, 1.82) is 0 Å². The number of carbonyl (C=O) groups excluding carboxylic acids is 3. The third kappa shape index (κ3) is 5.82. The lowest BCUT2D eigenvalue weighted by Gasteiger charge is -2.18. The molecule has 1 amide bonds. The SMILES string of the molecule is CC(=O)NCC(COC(=O)c1cc(O)c(O)c(O)c1)OC(=O)c1cc(O)c(O)c(O)c1. The fraction of sp³-hybridized carbons (Fsp3) is 0.211. The summed E-state index contributed by atoms with van der Waals surface area (Å²) < 4.78 is 10.1. The van der Waals surface area contributed by atoms with E-state index in [-0.39, 0.29) is 17.7 Å². The van der Waals surface area contributed by atoms with Crippen molar-refractivity contribution < 1.29 is 54.5 Å². The number of esters is 2. The van der Waals surface area contributed by atoms with Crippen LogP contribution in [0.4, 0.5) is 0 Å². The number of hydrogen-bond donors (Lipinski definition) is 7. The number of phenols is 6. The summed E-state index contributed by atoms with van der Waals surface area (Å²) in [6.45, 7) is 0.364. The molecule has 1 unspecified atom stereocenters. The van der Waals surface area contributed by atoms with E-state index >= 15 is 0 Å². The van der Waals surface area contributed by atoms with Gasteiger partial charge in [-0.3, -0.25) is 4.79 Å². The van der Waals surface area contributed by atoms with Gasteiger partial charge in [0.15, 0.2) is 40.6 Å². The van der Waals surface area contributed by atoms with Crippen LogP contribution in [0.1, 0.15) is 27.6 Å². The standard InChI is InChI=1S/C19H19NO11/c1-8(21)20-6-11(31-19(29)10-4-14(24)17(27)15(25)5-10)7-30-18(28)9-2-12(22)16(26)13(23)3-9/h2-5,11,22-27H,6-7H2,1H3,(H,20,21). The normalized spacial score (nSPS) is 11.4. The van der Waals surface area contributed by atoms with E-state index in [1.165, 1.54) is 6.92 Å². The molecule has 0 saturated heterocycles. The number of carbonyl (C=O) groups is 3. The molecule has 0 bridgehead atoms. The lowest BCUT2D eigenvalue weighted by atomic mass is 10.2. The van der Waals surface area contributed by atoms with Crippen molar-refractivity contribution in [1.82, 2.24) is 5.32 Å². The molecule has 0 aliphatic heterocycles. The highest BCUT2D eigenvalue weighted by atomic mass is 16.6. The van der Waals surface area contributed by atoms with Gasteiger partial charge < -0.3 is 45.4 Å². The molecular formula is C19H19NO11. The first-order valence-electron chi connectivity index (χ1n) is 8.62. The molecule has 7 N–H and O–H groups in total. The second-order valence-electron chi connectivity index (χ2n) is 6.29. The minimum absolute atomic E-state index is 0.267. The molecule has 166 valence electrons. The van der Waals surface area contributed by atoms with Crippen LogP contribution in [-0.2, 0) is 14.3 Å². The fourth-order valence-electron chi connectivity index (χ4n) is 2.31. The van der Waals surface area contributed by atoms with Gasteiger partial charge in [0.1, 0.15) is 6.61 Å². The van der Waals surface area contributed by atoms with Crippen molar-refractivity contribution in [2.45, 2.75) is 13.0 Å². The van der Waals surface area contributed by atoms with Gasteiger partial charge in [0, 0.05) is 6.92 Å². The Bertz CT molecular complexity index is 972. The summed E-state index contributed by atoms with van der Waals surface area (Å²) in [5.41, 5.74) is -0.647. The number of amides is 1. The maximum Gasteiger partial charge on any atom is 0.338 e. The Hall–Kier alpha value is -4.35. The van der Waals surface area contributed by atoms with Gasteiger partial charge in [0.05, 0.1) is 17.7 Å². The molecule has 2 aromatic carbocycles. The van der Waals surface area contributed by atoms with Crippen molar-refractivity contribution in [2.24, 2.45) is 0 Å². The third-order valence-corrected chi connectivity index (χ3v) is 3.86. The Morgan fingerprint density at radius 1 is 0.806 bits per heavy atom. The van der Waals surface area contributed by atoms with Crippen molar-refractivity contribution in [3.8, 4) is 34.5 Å². The van der Waals surface area contributed by atoms with Gasteiger partial charge >= 0.3 is 11.9 Å². The van der Waals surface area contributed by atoms with Gasteiger partial charge in [-0.15, -0.1) is 0 Å². The zero-order valence-electron chi connectivity index (χ0n) is 16.0. The topological polar surface area (TPSA) is 203 Å². The average Bonchev–Trinajstić information content (AvgIpc) is 2.70. The highest BCUT2D eigenvalue weighted by Gasteiger charge is 2.22. The highest BCUT2D eigenvalue weighted by Crippen LogP contribution is 2.36. The largest absolute Gasteiger partial charge is 0.504 e. The molecule has 0 radical (unpaired) electrons. The van der Waals surface area contributed by atoms with E-state index in [1.54, 1.807) is 0 Å². The molecule has 31 heavy (non-hydrogen) atoms. The van der Waals surface area contributed by atoms with Gasteiger partial charge in [0.2, 0.25) is 5.91 Å². The molecule has 1 atom stereocenters. The summed E-state index contributed by atoms with van der Waals surface area (Å²) in [4.78, 5) is 35.6. The summed E-state index contributed by atoms with van der Waals surface area (Å²) in [7, 11) is 0. The molecule has 0 aliphatic carbocycles. The molecule has 0 aromatic heterocycles. The molecule has 0 saturated carbocycles. The van der Waals surface area contributed by atoms with Crippen molar-refractivity contribution in [3.05, 3.63) is 35.4 Å². The van der Waals surface area contributed by atoms with Crippen LogP contribution in [0.2, 0.25) is 0 Å². The van der Waals surface area contributed by atoms with E-state index in [0.717, 1.165) is 24.3 Å². The first-order valence-corrected chi connectivity index (χ1v) is 8.62. The van der Waals surface area contributed by atoms with Crippen LogP contribution in [0.15, 0.2) is 24.3 Å². The summed E-state index contributed by atoms with van der Waals surface area (Å²) in [6.07, 6.45) is -1.21. The van der Waals surface area contributed by atoms with E-state index in [9.17, 15) is 45.0 Å². The van der Waals surface area contributed by atoms with Crippen LogP contribution < -0.4 is 5.32 Å². The Morgan fingerprint density at radius 2 is 1.23 bits per heavy atom. The van der Waals surface area contributed by atoms with Gasteiger partial charge in [0.25, 0.3) is 0 Å². The minimum atomic E-state index is -1.21. The van der Waals surface area contributed by atoms with Crippen LogP contribution in [0.3, 0.4) is 0 Å². The third-order valence-electron chi connectivity index (χ3n) is 3.86. The summed E-state index contributed by atoms with van der Waals surface area (Å²) >= 11 is 0. The number of nitrogens with one attached hydrogen (secondary N) is 1. The smallest absolute Gasteiger partial charge is 0.338 e. The van der Waals surface area contributed by atoms with E-state index < -0.39 is 65.1 Å². The molecule has 12 heteroatoms. The quantitative estimate of drug-likeness (QED) is 0.234. The van der Waals surface area contributed by atoms with Crippen LogP contribution in [0.5, 0.6) is 34.5 Å². The Kier molecular flexibility index (Phi) is 6.98. The number of benzene rings is 2. The zero-order chi connectivity index (χ0) is 23.3. The lowest BCUT2D eigenvalue weighted by Crippen LogP contribution is -2.37. The Labute approximate surface area is 174 Å². The number of phenolic OH excluding ortho intramolecular Hbond substituents is 6. The van der Waals surface area contributed by atoms with Crippen molar-refractivity contribution in [3.63, 3.8) is 0 Å². The van der Waals surface area contributed by atoms with E-state index in [1.807, 2.05) is 0 Å². The predicted octanol–water partition coefficient (Wildman–Crippen LogP) is 0.439. The number of ether oxygens (including phenoxy) is 2. The second kappa shape index (κ2) is 9.43. The zero-order valence-corrected chi connectivity index (χ0v) is 16.0. The van der Waals surface area contributed by atoms with Crippen molar-refractivity contribution in [2.75, 3.05) is 13.2 Å². The molecule has 0 heterocycles. The first kappa shape index (κ1) is 22.9. The van der Waals surface area contributed by atoms with Crippen LogP contribution >= 0.6 is 0 Å². The predicted molar refractivity (Wildman–Crippen MR) is 101 cm³/mol. The number of aromatic hydroxyl groups is 6. The van der Waals surface area contributed by atoms with Crippen LogP contribution in [0, 0.1) is 0 Å². The molecule has 0 aliphatic rings. The Morgan fingerprint density at radius 3 is 1.65 bits per heavy atom. The second-order valence-corrected chi connectivity index (χ2v) is 6.29.